The first-order valence-electron chi connectivity index (χ1n) is 11.6. The van der Waals surface area contributed by atoms with E-state index in [2.05, 4.69) is 29.0 Å². The minimum absolute atomic E-state index is 0.296. The molecule has 1 aliphatic rings. The third-order valence-corrected chi connectivity index (χ3v) is 7.63. The number of benzene rings is 1. The molecule has 0 aliphatic carbocycles. The molecule has 31 heavy (non-hydrogen) atoms. The van der Waals surface area contributed by atoms with Crippen molar-refractivity contribution in [3.63, 3.8) is 0 Å². The minimum Gasteiger partial charge on any atom is -0.317 e. The summed E-state index contributed by atoms with van der Waals surface area (Å²) in [6.45, 7) is 8.42. The van der Waals surface area contributed by atoms with E-state index >= 15 is 0 Å². The van der Waals surface area contributed by atoms with E-state index in [1.807, 2.05) is 26.1 Å². The molecule has 0 amide bonds. The van der Waals surface area contributed by atoms with Gasteiger partial charge in [-0.3, -0.25) is 9.40 Å². The average Bonchev–Trinajstić information content (AvgIpc) is 2.99. The summed E-state index contributed by atoms with van der Waals surface area (Å²) in [6, 6.07) is 7.34. The Kier molecular flexibility index (Phi) is 8.17. The predicted molar refractivity (Wildman–Crippen MR) is 127 cm³/mol. The highest BCUT2D eigenvalue weighted by molar-refractivity contribution is 7.92. The predicted octanol–water partition coefficient (Wildman–Crippen LogP) is 4.44. The van der Waals surface area contributed by atoms with Crippen molar-refractivity contribution < 1.29 is 8.42 Å². The fraction of sp³-hybridized carbons (Fsp3) is 0.625. The molecule has 7 heteroatoms. The zero-order chi connectivity index (χ0) is 22.4. The highest BCUT2D eigenvalue weighted by Crippen LogP contribution is 2.26. The number of unbranched alkanes of at least 4 members (excludes halogenated alkanes) is 1. The quantitative estimate of drug-likeness (QED) is 0.529. The molecule has 6 nitrogen and oxygen atoms in total. The van der Waals surface area contributed by atoms with E-state index in [1.165, 1.54) is 31.2 Å². The van der Waals surface area contributed by atoms with Crippen LogP contribution >= 0.6 is 0 Å². The molecule has 1 saturated heterocycles. The third-order valence-electron chi connectivity index (χ3n) is 6.26. The standard InChI is InChI=1S/C24H38N4O2S/c1-18(2)17-23-24(19(3)28(4)26-23)27-31(29,30)22-11-9-20(10-12-22)7-5-6-8-21-13-15-25-16-14-21/h9-12,18,21,25,27H,5-8,13-17H2,1-4H3. The lowest BCUT2D eigenvalue weighted by Crippen LogP contribution is -2.27. The molecule has 1 aliphatic heterocycles. The molecule has 0 unspecified atom stereocenters. The van der Waals surface area contributed by atoms with Crippen LogP contribution in [0.15, 0.2) is 29.2 Å². The van der Waals surface area contributed by atoms with Gasteiger partial charge in [0.1, 0.15) is 0 Å². The summed E-state index contributed by atoms with van der Waals surface area (Å²) >= 11 is 0. The monoisotopic (exact) mass is 446 g/mol. The molecular weight excluding hydrogens is 408 g/mol. The molecule has 1 aromatic heterocycles. The molecule has 172 valence electrons. The van der Waals surface area contributed by atoms with E-state index in [0.717, 1.165) is 49.7 Å². The number of sulfonamides is 1. The number of piperidine rings is 1. The van der Waals surface area contributed by atoms with Gasteiger partial charge in [-0.25, -0.2) is 8.42 Å². The van der Waals surface area contributed by atoms with Crippen molar-refractivity contribution in [2.24, 2.45) is 18.9 Å². The van der Waals surface area contributed by atoms with Crippen LogP contribution in [0.4, 0.5) is 5.69 Å². The van der Waals surface area contributed by atoms with Gasteiger partial charge in [0.2, 0.25) is 0 Å². The molecular formula is C24H38N4O2S. The summed E-state index contributed by atoms with van der Waals surface area (Å²) in [6.07, 6.45) is 8.03. The molecule has 3 rings (SSSR count). The molecule has 2 heterocycles. The SMILES string of the molecule is Cc1c(NS(=O)(=O)c2ccc(CCCCC3CCNCC3)cc2)c(CC(C)C)nn1C. The Morgan fingerprint density at radius 2 is 1.84 bits per heavy atom. The summed E-state index contributed by atoms with van der Waals surface area (Å²) in [7, 11) is -1.80. The lowest BCUT2D eigenvalue weighted by atomic mass is 9.92. The van der Waals surface area contributed by atoms with Gasteiger partial charge in [0.25, 0.3) is 10.0 Å². The van der Waals surface area contributed by atoms with Crippen LogP contribution < -0.4 is 10.0 Å². The zero-order valence-corrected chi connectivity index (χ0v) is 20.3. The number of nitrogens with zero attached hydrogens (tertiary/aromatic N) is 2. The number of anilines is 1. The van der Waals surface area contributed by atoms with Crippen LogP contribution in [-0.2, 0) is 29.9 Å². The highest BCUT2D eigenvalue weighted by atomic mass is 32.2. The molecule has 1 aromatic carbocycles. The van der Waals surface area contributed by atoms with Crippen molar-refractivity contribution in [3.05, 3.63) is 41.2 Å². The fourth-order valence-corrected chi connectivity index (χ4v) is 5.45. The first-order chi connectivity index (χ1) is 14.8. The lowest BCUT2D eigenvalue weighted by molar-refractivity contribution is 0.344. The van der Waals surface area contributed by atoms with Crippen LogP contribution in [0.1, 0.15) is 62.9 Å². The topological polar surface area (TPSA) is 76.0 Å². The minimum atomic E-state index is -3.65. The van der Waals surface area contributed by atoms with E-state index in [9.17, 15) is 8.42 Å². The van der Waals surface area contributed by atoms with Crippen LogP contribution in [0.3, 0.4) is 0 Å². The number of aryl methyl sites for hydroxylation is 2. The van der Waals surface area contributed by atoms with Crippen molar-refractivity contribution in [2.75, 3.05) is 17.8 Å². The number of rotatable bonds is 10. The average molecular weight is 447 g/mol. The van der Waals surface area contributed by atoms with Crippen molar-refractivity contribution in [1.29, 1.82) is 0 Å². The molecule has 2 N–H and O–H groups in total. The maximum atomic E-state index is 13.0. The molecule has 0 spiro atoms. The van der Waals surface area contributed by atoms with Crippen molar-refractivity contribution in [3.8, 4) is 0 Å². The molecule has 0 atom stereocenters. The van der Waals surface area contributed by atoms with Gasteiger partial charge >= 0.3 is 0 Å². The first kappa shape index (κ1) is 23.8. The Balaban J connectivity index is 1.58. The zero-order valence-electron chi connectivity index (χ0n) is 19.4. The first-order valence-corrected chi connectivity index (χ1v) is 13.1. The summed E-state index contributed by atoms with van der Waals surface area (Å²) in [5.74, 6) is 1.27. The molecule has 0 bridgehead atoms. The molecule has 0 saturated carbocycles. The van der Waals surface area contributed by atoms with Crippen LogP contribution in [0.5, 0.6) is 0 Å². The highest BCUT2D eigenvalue weighted by Gasteiger charge is 2.21. The maximum absolute atomic E-state index is 13.0. The summed E-state index contributed by atoms with van der Waals surface area (Å²) in [4.78, 5) is 0.296. The number of aromatic nitrogens is 2. The smallest absolute Gasteiger partial charge is 0.262 e. The lowest BCUT2D eigenvalue weighted by Gasteiger charge is -2.22. The third kappa shape index (κ3) is 6.56. The Morgan fingerprint density at radius 1 is 1.16 bits per heavy atom. The van der Waals surface area contributed by atoms with Crippen molar-refractivity contribution >= 4 is 15.7 Å². The fourth-order valence-electron chi connectivity index (χ4n) is 4.30. The van der Waals surface area contributed by atoms with Gasteiger partial charge in [0.15, 0.2) is 0 Å². The second-order valence-electron chi connectivity index (χ2n) is 9.32. The van der Waals surface area contributed by atoms with Gasteiger partial charge in [0, 0.05) is 7.05 Å². The Morgan fingerprint density at radius 3 is 2.48 bits per heavy atom. The number of hydrogen-bond acceptors (Lipinski definition) is 4. The second-order valence-corrected chi connectivity index (χ2v) is 11.0. The van der Waals surface area contributed by atoms with E-state index < -0.39 is 10.0 Å². The normalized spacial score (nSPS) is 15.5. The van der Waals surface area contributed by atoms with Gasteiger partial charge in [0.05, 0.1) is 22.0 Å². The largest absolute Gasteiger partial charge is 0.317 e. The molecule has 2 aromatic rings. The Hall–Kier alpha value is -1.86. The van der Waals surface area contributed by atoms with Crippen LogP contribution in [-0.4, -0.2) is 31.3 Å². The van der Waals surface area contributed by atoms with E-state index in [-0.39, 0.29) is 0 Å². The Bertz CT molecular complexity index is 943. The van der Waals surface area contributed by atoms with E-state index in [4.69, 9.17) is 0 Å². The van der Waals surface area contributed by atoms with Gasteiger partial charge in [-0.2, -0.15) is 5.10 Å². The molecule has 1 fully saturated rings. The number of hydrogen-bond donors (Lipinski definition) is 2. The van der Waals surface area contributed by atoms with E-state index in [1.54, 1.807) is 16.8 Å². The van der Waals surface area contributed by atoms with E-state index in [0.29, 0.717) is 16.5 Å². The van der Waals surface area contributed by atoms with Gasteiger partial charge in [-0.05, 0) is 81.6 Å². The van der Waals surface area contributed by atoms with Crippen LogP contribution in [0.2, 0.25) is 0 Å². The van der Waals surface area contributed by atoms with Gasteiger partial charge < -0.3 is 5.32 Å². The number of nitrogens with one attached hydrogen (secondary N) is 2. The van der Waals surface area contributed by atoms with Crippen molar-refractivity contribution in [1.82, 2.24) is 15.1 Å². The molecule has 0 radical (unpaired) electrons. The summed E-state index contributed by atoms with van der Waals surface area (Å²) in [5, 5.41) is 7.92. The van der Waals surface area contributed by atoms with Gasteiger partial charge in [-0.15, -0.1) is 0 Å². The van der Waals surface area contributed by atoms with Crippen molar-refractivity contribution in [2.45, 2.75) is 70.6 Å². The second kappa shape index (κ2) is 10.6. The maximum Gasteiger partial charge on any atom is 0.262 e. The Labute approximate surface area is 187 Å². The summed E-state index contributed by atoms with van der Waals surface area (Å²) < 4.78 is 30.5. The van der Waals surface area contributed by atoms with Crippen LogP contribution in [0.25, 0.3) is 0 Å². The summed E-state index contributed by atoms with van der Waals surface area (Å²) in [5.41, 5.74) is 3.43. The van der Waals surface area contributed by atoms with Gasteiger partial charge in [-0.1, -0.05) is 38.8 Å². The van der Waals surface area contributed by atoms with Crippen LogP contribution in [0, 0.1) is 18.8 Å².